The van der Waals surface area contributed by atoms with E-state index in [2.05, 4.69) is 32.5 Å². The van der Waals surface area contributed by atoms with Crippen LogP contribution in [0.5, 0.6) is 0 Å². The van der Waals surface area contributed by atoms with E-state index < -0.39 is 0 Å². The molecular weight excluding hydrogens is 379 g/mol. The van der Waals surface area contributed by atoms with E-state index in [9.17, 15) is 9.18 Å². The number of carbonyl (C=O) groups is 1. The van der Waals surface area contributed by atoms with Gasteiger partial charge in [-0.3, -0.25) is 4.79 Å². The van der Waals surface area contributed by atoms with Crippen molar-refractivity contribution in [1.29, 1.82) is 0 Å². The SMILES string of the molecule is C=Cc1c(/C(=C\C)C(=O)NCc2nnc(NC)s2)cnn1-c1ccc(F)cc1. The third-order valence-electron chi connectivity index (χ3n) is 3.98. The number of benzene rings is 1. The molecule has 0 fully saturated rings. The van der Waals surface area contributed by atoms with E-state index in [-0.39, 0.29) is 18.3 Å². The lowest BCUT2D eigenvalue weighted by Crippen LogP contribution is -2.24. The number of rotatable bonds is 7. The lowest BCUT2D eigenvalue weighted by Gasteiger charge is -2.09. The number of carbonyl (C=O) groups excluding carboxylic acids is 1. The number of amides is 1. The number of halogens is 1. The van der Waals surface area contributed by atoms with Gasteiger partial charge in [-0.25, -0.2) is 9.07 Å². The van der Waals surface area contributed by atoms with E-state index in [0.29, 0.717) is 32.7 Å². The highest BCUT2D eigenvalue weighted by Crippen LogP contribution is 2.24. The summed E-state index contributed by atoms with van der Waals surface area (Å²) in [5.41, 5.74) is 2.41. The summed E-state index contributed by atoms with van der Waals surface area (Å²) in [4.78, 5) is 12.7. The van der Waals surface area contributed by atoms with Crippen LogP contribution in [-0.4, -0.2) is 32.9 Å². The van der Waals surface area contributed by atoms with Gasteiger partial charge in [0.2, 0.25) is 5.13 Å². The van der Waals surface area contributed by atoms with Gasteiger partial charge in [0.15, 0.2) is 0 Å². The Bertz CT molecular complexity index is 1020. The molecule has 0 aliphatic rings. The molecule has 3 aromatic rings. The second-order valence-corrected chi connectivity index (χ2v) is 6.73. The van der Waals surface area contributed by atoms with Gasteiger partial charge >= 0.3 is 0 Å². The zero-order valence-corrected chi connectivity index (χ0v) is 16.3. The first kappa shape index (κ1) is 19.4. The lowest BCUT2D eigenvalue weighted by molar-refractivity contribution is -0.115. The van der Waals surface area contributed by atoms with Crippen molar-refractivity contribution in [3.8, 4) is 5.69 Å². The van der Waals surface area contributed by atoms with Crippen molar-refractivity contribution in [2.75, 3.05) is 12.4 Å². The molecule has 0 bridgehead atoms. The maximum Gasteiger partial charge on any atom is 0.252 e. The largest absolute Gasteiger partial charge is 0.363 e. The predicted octanol–water partition coefficient (Wildman–Crippen LogP) is 3.27. The number of hydrogen-bond donors (Lipinski definition) is 2. The monoisotopic (exact) mass is 398 g/mol. The molecule has 2 N–H and O–H groups in total. The summed E-state index contributed by atoms with van der Waals surface area (Å²) >= 11 is 1.37. The Hall–Kier alpha value is -3.33. The van der Waals surface area contributed by atoms with Crippen molar-refractivity contribution in [3.63, 3.8) is 0 Å². The number of nitrogens with zero attached hydrogens (tertiary/aromatic N) is 4. The minimum Gasteiger partial charge on any atom is -0.363 e. The summed E-state index contributed by atoms with van der Waals surface area (Å²) in [6.07, 6.45) is 4.93. The molecule has 1 amide bonds. The molecule has 0 unspecified atom stereocenters. The number of anilines is 1. The predicted molar refractivity (Wildman–Crippen MR) is 109 cm³/mol. The highest BCUT2D eigenvalue weighted by atomic mass is 32.1. The van der Waals surface area contributed by atoms with Crippen molar-refractivity contribution in [3.05, 3.63) is 65.2 Å². The highest BCUT2D eigenvalue weighted by molar-refractivity contribution is 7.15. The fraction of sp³-hybridized carbons (Fsp3) is 0.158. The van der Waals surface area contributed by atoms with Gasteiger partial charge in [0, 0.05) is 18.2 Å². The molecule has 1 aromatic carbocycles. The molecule has 0 aliphatic carbocycles. The van der Waals surface area contributed by atoms with E-state index in [1.165, 1.54) is 23.5 Å². The fourth-order valence-corrected chi connectivity index (χ4v) is 3.27. The Balaban J connectivity index is 1.82. The van der Waals surface area contributed by atoms with Crippen LogP contribution < -0.4 is 10.6 Å². The molecule has 2 aromatic heterocycles. The summed E-state index contributed by atoms with van der Waals surface area (Å²) in [7, 11) is 1.76. The molecule has 3 rings (SSSR count). The van der Waals surface area contributed by atoms with Gasteiger partial charge in [0.1, 0.15) is 10.8 Å². The van der Waals surface area contributed by atoms with E-state index >= 15 is 0 Å². The average molecular weight is 398 g/mol. The lowest BCUT2D eigenvalue weighted by atomic mass is 10.1. The zero-order valence-electron chi connectivity index (χ0n) is 15.4. The first-order valence-corrected chi connectivity index (χ1v) is 9.30. The van der Waals surface area contributed by atoms with Gasteiger partial charge in [-0.15, -0.1) is 10.2 Å². The summed E-state index contributed by atoms with van der Waals surface area (Å²) < 4.78 is 14.8. The van der Waals surface area contributed by atoms with Crippen molar-refractivity contribution in [2.45, 2.75) is 13.5 Å². The first-order chi connectivity index (χ1) is 13.6. The molecule has 2 heterocycles. The minimum absolute atomic E-state index is 0.259. The van der Waals surface area contributed by atoms with Crippen LogP contribution >= 0.6 is 11.3 Å². The maximum atomic E-state index is 13.2. The third kappa shape index (κ3) is 3.99. The van der Waals surface area contributed by atoms with Gasteiger partial charge < -0.3 is 10.6 Å². The Morgan fingerprint density at radius 1 is 1.32 bits per heavy atom. The zero-order chi connectivity index (χ0) is 20.1. The van der Waals surface area contributed by atoms with Crippen LogP contribution in [0.3, 0.4) is 0 Å². The molecule has 9 heteroatoms. The Kier molecular flexibility index (Phi) is 5.95. The second-order valence-electron chi connectivity index (χ2n) is 5.67. The van der Waals surface area contributed by atoms with E-state index in [1.54, 1.807) is 49.1 Å². The summed E-state index contributed by atoms with van der Waals surface area (Å²) in [5.74, 6) is -0.589. The summed E-state index contributed by atoms with van der Waals surface area (Å²) in [6, 6.07) is 5.94. The minimum atomic E-state index is -0.331. The van der Waals surface area contributed by atoms with Crippen LogP contribution in [0.2, 0.25) is 0 Å². The van der Waals surface area contributed by atoms with Crippen molar-refractivity contribution >= 4 is 34.0 Å². The molecule has 0 aliphatic heterocycles. The molecule has 28 heavy (non-hydrogen) atoms. The van der Waals surface area contributed by atoms with Crippen LogP contribution in [0.1, 0.15) is 23.2 Å². The maximum absolute atomic E-state index is 13.2. The Labute approximate surface area is 165 Å². The molecular formula is C19H19FN6OS. The molecule has 0 atom stereocenters. The molecule has 0 saturated carbocycles. The Morgan fingerprint density at radius 2 is 2.07 bits per heavy atom. The average Bonchev–Trinajstić information content (AvgIpc) is 3.34. The smallest absolute Gasteiger partial charge is 0.252 e. The third-order valence-corrected chi connectivity index (χ3v) is 4.92. The molecule has 7 nitrogen and oxygen atoms in total. The van der Waals surface area contributed by atoms with Gasteiger partial charge in [0.05, 0.1) is 24.1 Å². The van der Waals surface area contributed by atoms with Crippen molar-refractivity contribution < 1.29 is 9.18 Å². The van der Waals surface area contributed by atoms with Crippen molar-refractivity contribution in [2.24, 2.45) is 0 Å². The van der Waals surface area contributed by atoms with E-state index in [0.717, 1.165) is 0 Å². The topological polar surface area (TPSA) is 84.7 Å². The van der Waals surface area contributed by atoms with Crippen LogP contribution in [0, 0.1) is 5.82 Å². The summed E-state index contributed by atoms with van der Waals surface area (Å²) in [6.45, 7) is 5.88. The van der Waals surface area contributed by atoms with Crippen LogP contribution in [0.4, 0.5) is 9.52 Å². The number of hydrogen-bond acceptors (Lipinski definition) is 6. The standard InChI is InChI=1S/C19H19FN6OS/c1-4-14(18(27)22-11-17-24-25-19(21-3)28-17)15-10-23-26(16(15)5-2)13-8-6-12(20)7-9-13/h4-10H,2,11H2,1,3H3,(H,21,25)(H,22,27)/b14-4+. The first-order valence-electron chi connectivity index (χ1n) is 8.48. The normalized spacial score (nSPS) is 11.3. The fourth-order valence-electron chi connectivity index (χ4n) is 2.64. The second kappa shape index (κ2) is 8.57. The highest BCUT2D eigenvalue weighted by Gasteiger charge is 2.19. The number of aromatic nitrogens is 4. The molecule has 0 radical (unpaired) electrons. The molecule has 0 spiro atoms. The van der Waals surface area contributed by atoms with Crippen LogP contribution in [0.25, 0.3) is 17.3 Å². The number of allylic oxidation sites excluding steroid dienone is 1. The van der Waals surface area contributed by atoms with Gasteiger partial charge in [-0.1, -0.05) is 24.0 Å². The van der Waals surface area contributed by atoms with E-state index in [1.807, 2.05) is 0 Å². The van der Waals surface area contributed by atoms with E-state index in [4.69, 9.17) is 0 Å². The Morgan fingerprint density at radius 3 is 2.68 bits per heavy atom. The van der Waals surface area contributed by atoms with Gasteiger partial charge in [-0.05, 0) is 37.3 Å². The molecule has 0 saturated heterocycles. The van der Waals surface area contributed by atoms with Crippen LogP contribution in [0.15, 0.2) is 43.1 Å². The van der Waals surface area contributed by atoms with Gasteiger partial charge in [-0.2, -0.15) is 5.10 Å². The number of nitrogens with one attached hydrogen (secondary N) is 2. The van der Waals surface area contributed by atoms with Crippen LogP contribution in [-0.2, 0) is 11.3 Å². The van der Waals surface area contributed by atoms with Crippen molar-refractivity contribution in [1.82, 2.24) is 25.3 Å². The quantitative estimate of drug-likeness (QED) is 0.597. The van der Waals surface area contributed by atoms with Gasteiger partial charge in [0.25, 0.3) is 5.91 Å². The molecule has 144 valence electrons. The summed E-state index contributed by atoms with van der Waals surface area (Å²) in [5, 5.41) is 19.4.